The van der Waals surface area contributed by atoms with Crippen LogP contribution in [0.15, 0.2) is 48.5 Å². The van der Waals surface area contributed by atoms with Crippen LogP contribution in [0.25, 0.3) is 10.9 Å². The maximum absolute atomic E-state index is 5.88. The summed E-state index contributed by atoms with van der Waals surface area (Å²) >= 11 is 5.88. The predicted octanol–water partition coefficient (Wildman–Crippen LogP) is 3.94. The van der Waals surface area contributed by atoms with Gasteiger partial charge in [0.25, 0.3) is 0 Å². The Labute approximate surface area is 128 Å². The molecule has 3 rings (SSSR count). The van der Waals surface area contributed by atoms with Gasteiger partial charge in [-0.3, -0.25) is 0 Å². The van der Waals surface area contributed by atoms with Gasteiger partial charge in [0.05, 0.1) is 5.52 Å². The second-order valence-corrected chi connectivity index (χ2v) is 5.08. The largest absolute Gasteiger partial charge is 0.372 e. The number of nitrogens with zero attached hydrogens (tertiary/aromatic N) is 2. The first-order valence-corrected chi connectivity index (χ1v) is 7.07. The molecule has 0 atom stereocenters. The van der Waals surface area contributed by atoms with Crippen molar-refractivity contribution in [3.05, 3.63) is 59.1 Å². The van der Waals surface area contributed by atoms with Crippen LogP contribution in [-0.4, -0.2) is 17.0 Å². The third kappa shape index (κ3) is 3.06. The molecule has 0 bridgehead atoms. The van der Waals surface area contributed by atoms with E-state index >= 15 is 0 Å². The van der Waals surface area contributed by atoms with Crippen LogP contribution < -0.4 is 10.6 Å². The van der Waals surface area contributed by atoms with Gasteiger partial charge in [-0.05, 0) is 29.8 Å². The van der Waals surface area contributed by atoms with Crippen LogP contribution in [0.5, 0.6) is 0 Å². The van der Waals surface area contributed by atoms with Crippen molar-refractivity contribution >= 4 is 34.3 Å². The lowest BCUT2D eigenvalue weighted by Crippen LogP contribution is -2.06. The van der Waals surface area contributed by atoms with Gasteiger partial charge in [0, 0.05) is 24.0 Å². The van der Waals surface area contributed by atoms with E-state index in [1.807, 2.05) is 55.6 Å². The highest BCUT2D eigenvalue weighted by Crippen LogP contribution is 2.21. The Morgan fingerprint density at radius 3 is 2.52 bits per heavy atom. The minimum atomic E-state index is 0.605. The summed E-state index contributed by atoms with van der Waals surface area (Å²) in [5.41, 5.74) is 2.04. The van der Waals surface area contributed by atoms with Gasteiger partial charge in [-0.15, -0.1) is 0 Å². The number of hydrogen-bond donors (Lipinski definition) is 2. The minimum Gasteiger partial charge on any atom is -0.372 e. The number of halogens is 1. The first-order valence-electron chi connectivity index (χ1n) is 6.69. The normalized spacial score (nSPS) is 10.6. The molecule has 0 fully saturated rings. The molecule has 4 nitrogen and oxygen atoms in total. The Bertz CT molecular complexity index is 756. The minimum absolute atomic E-state index is 0.605. The van der Waals surface area contributed by atoms with Gasteiger partial charge in [-0.2, -0.15) is 4.98 Å². The number of hydrogen-bond acceptors (Lipinski definition) is 4. The lowest BCUT2D eigenvalue weighted by atomic mass is 10.2. The zero-order valence-electron chi connectivity index (χ0n) is 11.6. The fourth-order valence-electron chi connectivity index (χ4n) is 2.13. The van der Waals surface area contributed by atoms with Crippen LogP contribution >= 0.6 is 11.6 Å². The second kappa shape index (κ2) is 5.97. The molecule has 0 saturated heterocycles. The highest BCUT2D eigenvalue weighted by molar-refractivity contribution is 6.30. The van der Waals surface area contributed by atoms with E-state index in [0.29, 0.717) is 12.5 Å². The van der Waals surface area contributed by atoms with Crippen LogP contribution in [0, 0.1) is 0 Å². The van der Waals surface area contributed by atoms with Gasteiger partial charge < -0.3 is 10.6 Å². The summed E-state index contributed by atoms with van der Waals surface area (Å²) < 4.78 is 0. The molecule has 3 aromatic rings. The van der Waals surface area contributed by atoms with Crippen LogP contribution in [0.2, 0.25) is 5.02 Å². The third-order valence-corrected chi connectivity index (χ3v) is 3.46. The van der Waals surface area contributed by atoms with E-state index in [1.165, 1.54) is 0 Å². The maximum atomic E-state index is 5.88. The van der Waals surface area contributed by atoms with Crippen LogP contribution in [0.1, 0.15) is 5.56 Å². The lowest BCUT2D eigenvalue weighted by Gasteiger charge is -2.09. The summed E-state index contributed by atoms with van der Waals surface area (Å²) in [4.78, 5) is 9.02. The van der Waals surface area contributed by atoms with E-state index in [2.05, 4.69) is 20.6 Å². The molecule has 2 N–H and O–H groups in total. The van der Waals surface area contributed by atoms with Gasteiger partial charge in [-0.25, -0.2) is 4.98 Å². The highest BCUT2D eigenvalue weighted by atomic mass is 35.5. The van der Waals surface area contributed by atoms with Crippen molar-refractivity contribution in [3.63, 3.8) is 0 Å². The molecule has 21 heavy (non-hydrogen) atoms. The van der Waals surface area contributed by atoms with E-state index in [-0.39, 0.29) is 0 Å². The molecular formula is C16H15ClN4. The molecule has 1 aromatic heterocycles. The Balaban J connectivity index is 1.85. The molecule has 1 heterocycles. The molecule has 0 spiro atoms. The van der Waals surface area contributed by atoms with Crippen molar-refractivity contribution in [1.82, 2.24) is 9.97 Å². The van der Waals surface area contributed by atoms with E-state index in [1.54, 1.807) is 0 Å². The molecular weight excluding hydrogens is 284 g/mol. The molecule has 0 unspecified atom stereocenters. The summed E-state index contributed by atoms with van der Waals surface area (Å²) in [5, 5.41) is 8.09. The van der Waals surface area contributed by atoms with E-state index in [0.717, 1.165) is 27.3 Å². The summed E-state index contributed by atoms with van der Waals surface area (Å²) in [6, 6.07) is 15.6. The number of rotatable bonds is 4. The average molecular weight is 299 g/mol. The molecule has 0 amide bonds. The van der Waals surface area contributed by atoms with Gasteiger partial charge >= 0.3 is 0 Å². The maximum Gasteiger partial charge on any atom is 0.225 e. The van der Waals surface area contributed by atoms with Gasteiger partial charge in [-0.1, -0.05) is 35.9 Å². The first kappa shape index (κ1) is 13.6. The van der Waals surface area contributed by atoms with Crippen LogP contribution in [0.4, 0.5) is 11.8 Å². The van der Waals surface area contributed by atoms with E-state index in [9.17, 15) is 0 Å². The number of para-hydroxylation sites is 1. The average Bonchev–Trinajstić information content (AvgIpc) is 2.53. The Kier molecular flexibility index (Phi) is 3.88. The van der Waals surface area contributed by atoms with Gasteiger partial charge in [0.15, 0.2) is 0 Å². The molecule has 0 aliphatic heterocycles. The first-order chi connectivity index (χ1) is 10.3. The fraction of sp³-hybridized carbons (Fsp3) is 0.125. The molecule has 0 aliphatic carbocycles. The molecule has 5 heteroatoms. The van der Waals surface area contributed by atoms with E-state index in [4.69, 9.17) is 11.6 Å². The SMILES string of the molecule is CNc1nc(NCc2ccc(Cl)cc2)nc2ccccc12. The van der Waals surface area contributed by atoms with Crippen molar-refractivity contribution in [2.45, 2.75) is 6.54 Å². The van der Waals surface area contributed by atoms with Crippen molar-refractivity contribution in [2.75, 3.05) is 17.7 Å². The summed E-state index contributed by atoms with van der Waals surface area (Å²) in [6.45, 7) is 0.651. The van der Waals surface area contributed by atoms with Crippen molar-refractivity contribution in [2.24, 2.45) is 0 Å². The van der Waals surface area contributed by atoms with Crippen LogP contribution in [0.3, 0.4) is 0 Å². The molecule has 106 valence electrons. The van der Waals surface area contributed by atoms with Gasteiger partial charge in [0.1, 0.15) is 5.82 Å². The Hall–Kier alpha value is -2.33. The fourth-order valence-corrected chi connectivity index (χ4v) is 2.26. The Morgan fingerprint density at radius 2 is 1.76 bits per heavy atom. The quantitative estimate of drug-likeness (QED) is 0.766. The smallest absolute Gasteiger partial charge is 0.225 e. The van der Waals surface area contributed by atoms with Crippen molar-refractivity contribution in [3.8, 4) is 0 Å². The summed E-state index contributed by atoms with van der Waals surface area (Å²) in [7, 11) is 1.86. The standard InChI is InChI=1S/C16H15ClN4/c1-18-15-13-4-2-3-5-14(13)20-16(21-15)19-10-11-6-8-12(17)9-7-11/h2-9H,10H2,1H3,(H2,18,19,20,21). The van der Waals surface area contributed by atoms with Crippen LogP contribution in [-0.2, 0) is 6.54 Å². The molecule has 0 saturated carbocycles. The number of nitrogens with one attached hydrogen (secondary N) is 2. The third-order valence-electron chi connectivity index (χ3n) is 3.20. The summed E-state index contributed by atoms with van der Waals surface area (Å²) in [6.07, 6.45) is 0. The van der Waals surface area contributed by atoms with Gasteiger partial charge in [0.2, 0.25) is 5.95 Å². The van der Waals surface area contributed by atoms with Crippen molar-refractivity contribution in [1.29, 1.82) is 0 Å². The van der Waals surface area contributed by atoms with Crippen molar-refractivity contribution < 1.29 is 0 Å². The highest BCUT2D eigenvalue weighted by Gasteiger charge is 2.05. The lowest BCUT2D eigenvalue weighted by molar-refractivity contribution is 1.07. The molecule has 0 aliphatic rings. The number of anilines is 2. The molecule has 0 radical (unpaired) electrons. The molecule has 2 aromatic carbocycles. The number of fused-ring (bicyclic) bond motifs is 1. The summed E-state index contributed by atoms with van der Waals surface area (Å²) in [5.74, 6) is 1.42. The number of benzene rings is 2. The number of aromatic nitrogens is 2. The second-order valence-electron chi connectivity index (χ2n) is 4.64. The zero-order valence-corrected chi connectivity index (χ0v) is 12.4. The monoisotopic (exact) mass is 298 g/mol. The topological polar surface area (TPSA) is 49.8 Å². The Morgan fingerprint density at radius 1 is 1.00 bits per heavy atom. The van der Waals surface area contributed by atoms with E-state index < -0.39 is 0 Å². The predicted molar refractivity (Wildman–Crippen MR) is 87.9 cm³/mol. The zero-order chi connectivity index (χ0) is 14.7.